The van der Waals surface area contributed by atoms with Crippen molar-refractivity contribution in [2.45, 2.75) is 18.7 Å². The van der Waals surface area contributed by atoms with E-state index in [0.717, 1.165) is 22.4 Å². The molecule has 6 nitrogen and oxygen atoms in total. The largest absolute Gasteiger partial charge is 0.508 e. The number of carbonyl (C=O) groups is 1. The van der Waals surface area contributed by atoms with Crippen molar-refractivity contribution in [1.29, 1.82) is 0 Å². The van der Waals surface area contributed by atoms with E-state index in [-0.39, 0.29) is 18.1 Å². The van der Waals surface area contributed by atoms with Gasteiger partial charge in [0.05, 0.1) is 18.7 Å². The molecule has 0 unspecified atom stereocenters. The van der Waals surface area contributed by atoms with Crippen LogP contribution in [-0.4, -0.2) is 60.2 Å². The van der Waals surface area contributed by atoms with Gasteiger partial charge in [-0.25, -0.2) is 0 Å². The van der Waals surface area contributed by atoms with E-state index in [1.807, 2.05) is 67.7 Å². The number of rotatable bonds is 4. The molecule has 6 heteroatoms. The van der Waals surface area contributed by atoms with E-state index in [0.29, 0.717) is 36.7 Å². The molecule has 0 radical (unpaired) electrons. The van der Waals surface area contributed by atoms with E-state index in [4.69, 9.17) is 9.47 Å². The molecule has 164 valence electrons. The number of carbonyl (C=O) groups excluding carboxylic acids is 1. The molecule has 2 aliphatic heterocycles. The number of likely N-dealkylation sites (N-methyl/N-ethyl adjacent to an activating group) is 1. The van der Waals surface area contributed by atoms with Crippen molar-refractivity contribution in [3.8, 4) is 28.4 Å². The number of ether oxygens (including phenoxy) is 2. The number of nitrogens with zero attached hydrogens (tertiary/aromatic N) is 2. The molecule has 2 aliphatic rings. The number of para-hydroxylation sites is 1. The van der Waals surface area contributed by atoms with Crippen molar-refractivity contribution in [3.05, 3.63) is 77.9 Å². The highest BCUT2D eigenvalue weighted by Crippen LogP contribution is 2.35. The van der Waals surface area contributed by atoms with Gasteiger partial charge >= 0.3 is 0 Å². The second-order valence-electron chi connectivity index (χ2n) is 8.41. The number of phenols is 1. The number of amides is 1. The lowest BCUT2D eigenvalue weighted by atomic mass is 10.0. The Labute approximate surface area is 187 Å². The molecule has 0 saturated carbocycles. The fourth-order valence-electron chi connectivity index (χ4n) is 4.62. The van der Waals surface area contributed by atoms with Gasteiger partial charge in [0.1, 0.15) is 23.4 Å². The lowest BCUT2D eigenvalue weighted by Gasteiger charge is -2.25. The molecule has 2 atom stereocenters. The van der Waals surface area contributed by atoms with Crippen LogP contribution >= 0.6 is 0 Å². The van der Waals surface area contributed by atoms with Gasteiger partial charge in [-0.2, -0.15) is 0 Å². The van der Waals surface area contributed by atoms with Crippen LogP contribution in [-0.2, 0) is 6.54 Å². The minimum absolute atomic E-state index is 0.0332. The first-order valence-corrected chi connectivity index (χ1v) is 10.7. The molecule has 1 amide bonds. The molecule has 0 bridgehead atoms. The van der Waals surface area contributed by atoms with Gasteiger partial charge in [0.15, 0.2) is 0 Å². The molecule has 3 aromatic carbocycles. The Bertz CT molecular complexity index is 1160. The highest BCUT2D eigenvalue weighted by atomic mass is 16.5. The third kappa shape index (κ3) is 3.67. The summed E-state index contributed by atoms with van der Waals surface area (Å²) in [6.07, 6.45) is -0.142. The van der Waals surface area contributed by atoms with E-state index in [9.17, 15) is 9.90 Å². The van der Waals surface area contributed by atoms with Crippen LogP contribution in [0.2, 0.25) is 0 Å². The summed E-state index contributed by atoms with van der Waals surface area (Å²) in [4.78, 5) is 17.2. The molecular formula is C26H26N2O4. The first kappa shape index (κ1) is 20.4. The maximum atomic E-state index is 13.2. The van der Waals surface area contributed by atoms with Gasteiger partial charge in [-0.15, -0.1) is 0 Å². The van der Waals surface area contributed by atoms with Gasteiger partial charge < -0.3 is 19.5 Å². The number of benzene rings is 3. The zero-order valence-electron chi connectivity index (χ0n) is 18.2. The normalized spacial score (nSPS) is 20.3. The molecule has 5 rings (SSSR count). The third-order valence-corrected chi connectivity index (χ3v) is 6.41. The predicted molar refractivity (Wildman–Crippen MR) is 122 cm³/mol. The summed E-state index contributed by atoms with van der Waals surface area (Å²) in [7, 11) is 3.49. The first-order valence-electron chi connectivity index (χ1n) is 10.7. The van der Waals surface area contributed by atoms with Crippen molar-refractivity contribution in [2.24, 2.45) is 0 Å². The second-order valence-corrected chi connectivity index (χ2v) is 8.41. The van der Waals surface area contributed by atoms with Crippen molar-refractivity contribution < 1.29 is 19.4 Å². The molecule has 3 aromatic rings. The molecule has 1 saturated heterocycles. The van der Waals surface area contributed by atoms with E-state index in [1.54, 1.807) is 18.1 Å². The molecule has 2 heterocycles. The standard InChI is InChI=1S/C26H26N2O4/c1-27-22-15-28(14-19-6-3-4-9-23(19)29)16-25(22)32-24-13-18(10-11-21(24)26(27)30)17-7-5-8-20(12-17)31-2/h3-13,22,25,29H,14-16H2,1-2H3/t22-,25+/m1/s1. The van der Waals surface area contributed by atoms with Crippen molar-refractivity contribution >= 4 is 5.91 Å². The molecule has 1 fully saturated rings. The van der Waals surface area contributed by atoms with E-state index >= 15 is 0 Å². The third-order valence-electron chi connectivity index (χ3n) is 6.41. The Balaban J connectivity index is 1.43. The number of hydrogen-bond acceptors (Lipinski definition) is 5. The summed E-state index contributed by atoms with van der Waals surface area (Å²) >= 11 is 0. The number of likely N-dealkylation sites (tertiary alicyclic amines) is 1. The highest BCUT2D eigenvalue weighted by molar-refractivity contribution is 5.98. The lowest BCUT2D eigenvalue weighted by Crippen LogP contribution is -2.44. The number of aromatic hydroxyl groups is 1. The van der Waals surface area contributed by atoms with E-state index < -0.39 is 0 Å². The average Bonchev–Trinajstić information content (AvgIpc) is 3.18. The van der Waals surface area contributed by atoms with Gasteiger partial charge in [-0.1, -0.05) is 36.4 Å². The number of fused-ring (bicyclic) bond motifs is 2. The van der Waals surface area contributed by atoms with Gasteiger partial charge in [0.25, 0.3) is 5.91 Å². The summed E-state index contributed by atoms with van der Waals surface area (Å²) in [6.45, 7) is 1.99. The monoisotopic (exact) mass is 430 g/mol. The second kappa shape index (κ2) is 8.20. The Morgan fingerprint density at radius 2 is 1.84 bits per heavy atom. The Kier molecular flexibility index (Phi) is 5.23. The maximum Gasteiger partial charge on any atom is 0.257 e. The zero-order valence-corrected chi connectivity index (χ0v) is 18.2. The Morgan fingerprint density at radius 1 is 1.03 bits per heavy atom. The van der Waals surface area contributed by atoms with Gasteiger partial charge in [-0.05, 0) is 41.5 Å². The van der Waals surface area contributed by atoms with Gasteiger partial charge in [-0.3, -0.25) is 9.69 Å². The van der Waals surface area contributed by atoms with Crippen molar-refractivity contribution in [1.82, 2.24) is 9.80 Å². The molecular weight excluding hydrogens is 404 g/mol. The summed E-state index contributed by atoms with van der Waals surface area (Å²) in [6, 6.07) is 20.9. The smallest absolute Gasteiger partial charge is 0.257 e. The zero-order chi connectivity index (χ0) is 22.2. The quantitative estimate of drug-likeness (QED) is 0.683. The summed E-state index contributed by atoms with van der Waals surface area (Å²) < 4.78 is 11.8. The Morgan fingerprint density at radius 3 is 2.66 bits per heavy atom. The topological polar surface area (TPSA) is 62.2 Å². The molecule has 0 aromatic heterocycles. The van der Waals surface area contributed by atoms with Crippen LogP contribution in [0.5, 0.6) is 17.2 Å². The first-order chi connectivity index (χ1) is 15.5. The summed E-state index contributed by atoms with van der Waals surface area (Å²) in [5.41, 5.74) is 3.44. The van der Waals surface area contributed by atoms with Crippen LogP contribution in [0.4, 0.5) is 0 Å². The fraction of sp³-hybridized carbons (Fsp3) is 0.269. The highest BCUT2D eigenvalue weighted by Gasteiger charge is 2.42. The van der Waals surface area contributed by atoms with Crippen LogP contribution < -0.4 is 9.47 Å². The van der Waals surface area contributed by atoms with Crippen LogP contribution in [0.25, 0.3) is 11.1 Å². The maximum absolute atomic E-state index is 13.2. The summed E-state index contributed by atoms with van der Waals surface area (Å²) in [5.74, 6) is 1.65. The van der Waals surface area contributed by atoms with Gasteiger partial charge in [0, 0.05) is 32.2 Å². The minimum Gasteiger partial charge on any atom is -0.508 e. The van der Waals surface area contributed by atoms with Crippen LogP contribution in [0.1, 0.15) is 15.9 Å². The molecule has 0 spiro atoms. The summed E-state index contributed by atoms with van der Waals surface area (Å²) in [5, 5.41) is 10.1. The average molecular weight is 431 g/mol. The van der Waals surface area contributed by atoms with E-state index in [2.05, 4.69) is 4.90 Å². The van der Waals surface area contributed by atoms with Crippen LogP contribution in [0, 0.1) is 0 Å². The van der Waals surface area contributed by atoms with E-state index in [1.165, 1.54) is 0 Å². The SMILES string of the molecule is COc1cccc(-c2ccc3c(c2)O[C@H]2CN(Cc4ccccc4O)C[C@H]2N(C)C3=O)c1. The number of hydrogen-bond donors (Lipinski definition) is 1. The lowest BCUT2D eigenvalue weighted by molar-refractivity contribution is 0.0682. The van der Waals surface area contributed by atoms with Crippen molar-refractivity contribution in [2.75, 3.05) is 27.2 Å². The predicted octanol–water partition coefficient (Wildman–Crippen LogP) is 3.79. The number of phenolic OH excluding ortho intramolecular Hbond substituents is 1. The number of methoxy groups -OCH3 is 1. The van der Waals surface area contributed by atoms with Crippen molar-refractivity contribution in [3.63, 3.8) is 0 Å². The van der Waals surface area contributed by atoms with Crippen LogP contribution in [0.15, 0.2) is 66.7 Å². The fourth-order valence-corrected chi connectivity index (χ4v) is 4.62. The molecule has 32 heavy (non-hydrogen) atoms. The molecule has 1 N–H and O–H groups in total. The Hall–Kier alpha value is -3.51. The van der Waals surface area contributed by atoms with Crippen LogP contribution in [0.3, 0.4) is 0 Å². The van der Waals surface area contributed by atoms with Gasteiger partial charge in [0.2, 0.25) is 0 Å². The molecule has 0 aliphatic carbocycles. The minimum atomic E-state index is -0.142.